The molecule has 0 unspecified atom stereocenters. The Morgan fingerprint density at radius 2 is 1.33 bits per heavy atom. The van der Waals surface area contributed by atoms with Crippen molar-refractivity contribution in [2.75, 3.05) is 0 Å². The van der Waals surface area contributed by atoms with Crippen LogP contribution in [0.4, 0.5) is 5.69 Å². The fourth-order valence-electron chi connectivity index (χ4n) is 2.82. The Bertz CT molecular complexity index is 777. The lowest BCUT2D eigenvalue weighted by Crippen LogP contribution is -2.09. The third kappa shape index (κ3) is 3.68. The van der Waals surface area contributed by atoms with Crippen LogP contribution >= 0.6 is 0 Å². The quantitative estimate of drug-likeness (QED) is 0.456. The summed E-state index contributed by atoms with van der Waals surface area (Å²) in [5.74, 6) is 1.11. The number of phenolic OH excluding ortho intramolecular Hbond substituents is 2. The number of rotatable bonds is 4. The number of aromatic hydroxyl groups is 2. The van der Waals surface area contributed by atoms with Crippen LogP contribution in [0, 0.1) is 27.7 Å². The number of aryl methyl sites for hydroxylation is 4. The third-order valence-corrected chi connectivity index (χ3v) is 3.71. The van der Waals surface area contributed by atoms with Gasteiger partial charge >= 0.3 is 6.40 Å². The number of benzene rings is 2. The van der Waals surface area contributed by atoms with E-state index in [1.807, 2.05) is 27.7 Å². The van der Waals surface area contributed by atoms with Gasteiger partial charge in [-0.3, -0.25) is 0 Å². The first kappa shape index (κ1) is 17.4. The SMILES string of the molecule is Cc1cc(O)cc(C)c1OC=[N+](/C=C\N)c1c(C)cc(O)cc1C. The van der Waals surface area contributed by atoms with E-state index in [1.165, 1.54) is 6.20 Å². The topological polar surface area (TPSA) is 78.7 Å². The van der Waals surface area contributed by atoms with E-state index in [0.29, 0.717) is 5.75 Å². The van der Waals surface area contributed by atoms with Gasteiger partial charge in [-0.2, -0.15) is 0 Å². The molecule has 0 amide bonds. The van der Waals surface area contributed by atoms with Crippen molar-refractivity contribution in [2.24, 2.45) is 5.73 Å². The molecule has 5 heteroatoms. The van der Waals surface area contributed by atoms with Crippen molar-refractivity contribution in [3.8, 4) is 17.2 Å². The number of ether oxygens (including phenoxy) is 1. The van der Waals surface area contributed by atoms with Crippen LogP contribution in [0.2, 0.25) is 0 Å². The Balaban J connectivity index is 2.48. The average molecular weight is 327 g/mol. The van der Waals surface area contributed by atoms with E-state index in [-0.39, 0.29) is 11.5 Å². The van der Waals surface area contributed by atoms with E-state index in [4.69, 9.17) is 10.5 Å². The zero-order chi connectivity index (χ0) is 17.9. The maximum absolute atomic E-state index is 9.71. The summed E-state index contributed by atoms with van der Waals surface area (Å²) in [4.78, 5) is 0. The summed E-state index contributed by atoms with van der Waals surface area (Å²) in [7, 11) is 0. The summed E-state index contributed by atoms with van der Waals surface area (Å²) in [6.07, 6.45) is 4.65. The van der Waals surface area contributed by atoms with Gasteiger partial charge in [0.2, 0.25) is 5.69 Å². The molecule has 0 bridgehead atoms. The summed E-state index contributed by atoms with van der Waals surface area (Å²) >= 11 is 0. The van der Waals surface area contributed by atoms with Crippen molar-refractivity contribution in [1.82, 2.24) is 0 Å². The Labute approximate surface area is 142 Å². The molecule has 24 heavy (non-hydrogen) atoms. The van der Waals surface area contributed by atoms with E-state index in [2.05, 4.69) is 0 Å². The second-order valence-corrected chi connectivity index (χ2v) is 5.81. The Kier molecular flexibility index (Phi) is 5.14. The zero-order valence-electron chi connectivity index (χ0n) is 14.4. The highest BCUT2D eigenvalue weighted by atomic mass is 16.5. The third-order valence-electron chi connectivity index (χ3n) is 3.71. The van der Waals surface area contributed by atoms with Gasteiger partial charge in [-0.1, -0.05) is 0 Å². The van der Waals surface area contributed by atoms with Crippen molar-refractivity contribution in [3.63, 3.8) is 0 Å². The van der Waals surface area contributed by atoms with Gasteiger partial charge in [-0.15, -0.1) is 4.58 Å². The smallest absolute Gasteiger partial charge is 0.340 e. The van der Waals surface area contributed by atoms with Crippen molar-refractivity contribution < 1.29 is 19.5 Å². The van der Waals surface area contributed by atoms with Gasteiger partial charge in [0.05, 0.1) is 6.20 Å². The van der Waals surface area contributed by atoms with Crippen molar-refractivity contribution in [2.45, 2.75) is 27.7 Å². The molecule has 0 aromatic heterocycles. The predicted molar refractivity (Wildman–Crippen MR) is 95.1 cm³/mol. The Morgan fingerprint density at radius 3 is 1.79 bits per heavy atom. The van der Waals surface area contributed by atoms with Crippen LogP contribution in [-0.4, -0.2) is 21.2 Å². The van der Waals surface area contributed by atoms with Gasteiger partial charge in [0.1, 0.15) is 17.2 Å². The Hall–Kier alpha value is -2.95. The molecule has 0 aliphatic carbocycles. The van der Waals surface area contributed by atoms with E-state index in [0.717, 1.165) is 27.9 Å². The molecule has 4 N–H and O–H groups in total. The molecule has 0 aliphatic rings. The molecule has 2 rings (SSSR count). The summed E-state index contributed by atoms with van der Waals surface area (Å²) in [6.45, 7) is 7.56. The molecular formula is C19H23N2O3+. The number of nitrogens with two attached hydrogens (primary N) is 1. The van der Waals surface area contributed by atoms with Crippen LogP contribution in [0.25, 0.3) is 0 Å². The number of nitrogens with zero attached hydrogens (tertiary/aromatic N) is 1. The first-order chi connectivity index (χ1) is 11.3. The van der Waals surface area contributed by atoms with Crippen LogP contribution in [-0.2, 0) is 0 Å². The fourth-order valence-corrected chi connectivity index (χ4v) is 2.82. The molecule has 0 saturated heterocycles. The van der Waals surface area contributed by atoms with Crippen molar-refractivity contribution >= 4 is 12.1 Å². The van der Waals surface area contributed by atoms with Crippen LogP contribution in [0.5, 0.6) is 17.2 Å². The predicted octanol–water partition coefficient (Wildman–Crippen LogP) is 3.51. The molecule has 0 atom stereocenters. The van der Waals surface area contributed by atoms with Gasteiger partial charge in [0, 0.05) is 11.1 Å². The fraction of sp³-hybridized carbons (Fsp3) is 0.211. The Morgan fingerprint density at radius 1 is 0.875 bits per heavy atom. The van der Waals surface area contributed by atoms with Gasteiger partial charge < -0.3 is 20.7 Å². The lowest BCUT2D eigenvalue weighted by molar-refractivity contribution is -0.364. The highest BCUT2D eigenvalue weighted by Crippen LogP contribution is 2.29. The van der Waals surface area contributed by atoms with Crippen molar-refractivity contribution in [3.05, 3.63) is 58.9 Å². The van der Waals surface area contributed by atoms with E-state index in [1.54, 1.807) is 41.4 Å². The average Bonchev–Trinajstić information content (AvgIpc) is 2.44. The monoisotopic (exact) mass is 327 g/mol. The second-order valence-electron chi connectivity index (χ2n) is 5.81. The highest BCUT2D eigenvalue weighted by Gasteiger charge is 2.17. The van der Waals surface area contributed by atoms with Crippen LogP contribution in [0.3, 0.4) is 0 Å². The van der Waals surface area contributed by atoms with Gasteiger partial charge in [-0.05, 0) is 63.1 Å². The minimum atomic E-state index is 0.210. The maximum Gasteiger partial charge on any atom is 0.340 e. The van der Waals surface area contributed by atoms with E-state index >= 15 is 0 Å². The summed E-state index contributed by atoms with van der Waals surface area (Å²) in [5.41, 5.74) is 9.90. The molecule has 0 heterocycles. The molecule has 126 valence electrons. The first-order valence-corrected chi connectivity index (χ1v) is 7.60. The number of phenols is 2. The zero-order valence-corrected chi connectivity index (χ0v) is 14.4. The van der Waals surface area contributed by atoms with Crippen LogP contribution < -0.4 is 10.5 Å². The number of hydrogen-bond acceptors (Lipinski definition) is 4. The first-order valence-electron chi connectivity index (χ1n) is 7.60. The molecule has 0 spiro atoms. The molecule has 0 radical (unpaired) electrons. The minimum Gasteiger partial charge on any atom is -0.508 e. The molecule has 2 aromatic carbocycles. The molecule has 0 saturated carbocycles. The molecule has 5 nitrogen and oxygen atoms in total. The van der Waals surface area contributed by atoms with Crippen molar-refractivity contribution in [1.29, 1.82) is 0 Å². The second kappa shape index (κ2) is 7.08. The maximum atomic E-state index is 9.71. The molecule has 0 fully saturated rings. The standard InChI is InChI=1S/C19H22N2O3/c1-12-7-16(22)8-13(2)18(12)21(6-5-20)11-24-19-14(3)9-17(23)10-15(19)4/h5-11H,20H2,1-4H3,(H-,22,23)/p+1/b6-5-,21-11?. The van der Waals surface area contributed by atoms with Crippen LogP contribution in [0.15, 0.2) is 36.7 Å². The summed E-state index contributed by atoms with van der Waals surface area (Å²) in [6, 6.07) is 6.67. The van der Waals surface area contributed by atoms with Gasteiger partial charge in [0.15, 0.2) is 6.20 Å². The lowest BCUT2D eigenvalue weighted by Gasteiger charge is -2.09. The summed E-state index contributed by atoms with van der Waals surface area (Å²) in [5, 5.41) is 19.3. The largest absolute Gasteiger partial charge is 0.508 e. The van der Waals surface area contributed by atoms with Crippen LogP contribution in [0.1, 0.15) is 22.3 Å². The number of hydrogen-bond donors (Lipinski definition) is 3. The lowest BCUT2D eigenvalue weighted by atomic mass is 10.1. The van der Waals surface area contributed by atoms with E-state index in [9.17, 15) is 10.2 Å². The molecule has 0 aliphatic heterocycles. The normalized spacial score (nSPS) is 11.9. The molecule has 2 aromatic rings. The van der Waals surface area contributed by atoms with Gasteiger partial charge in [0.25, 0.3) is 0 Å². The molecular weight excluding hydrogens is 304 g/mol. The van der Waals surface area contributed by atoms with E-state index < -0.39 is 0 Å². The minimum absolute atomic E-state index is 0.210. The highest BCUT2D eigenvalue weighted by molar-refractivity contribution is 5.58. The summed E-state index contributed by atoms with van der Waals surface area (Å²) < 4.78 is 7.61. The van der Waals surface area contributed by atoms with Gasteiger partial charge in [-0.25, -0.2) is 0 Å².